The molecule has 6 rings (SSSR count). The molecule has 1 N–H and O–H groups in total. The fourth-order valence-electron chi connectivity index (χ4n) is 6.14. The molecule has 0 bridgehead atoms. The van der Waals surface area contributed by atoms with Crippen molar-refractivity contribution in [2.45, 2.75) is 51.7 Å². The van der Waals surface area contributed by atoms with Gasteiger partial charge in [-0.1, -0.05) is 29.8 Å². The second-order valence-electron chi connectivity index (χ2n) is 12.2. The van der Waals surface area contributed by atoms with E-state index in [9.17, 15) is 9.59 Å². The Kier molecular flexibility index (Phi) is 9.11. The maximum atomic E-state index is 13.6. The van der Waals surface area contributed by atoms with Crippen LogP contribution in [0.1, 0.15) is 60.2 Å². The van der Waals surface area contributed by atoms with Crippen LogP contribution in [0.3, 0.4) is 0 Å². The number of ether oxygens (including phenoxy) is 1. The highest BCUT2D eigenvalue weighted by Gasteiger charge is 2.35. The van der Waals surface area contributed by atoms with Crippen molar-refractivity contribution in [3.63, 3.8) is 0 Å². The van der Waals surface area contributed by atoms with Crippen LogP contribution in [-0.4, -0.2) is 89.0 Å². The molecule has 10 nitrogen and oxygen atoms in total. The quantitative estimate of drug-likeness (QED) is 0.402. The van der Waals surface area contributed by atoms with Gasteiger partial charge in [-0.15, -0.1) is 0 Å². The van der Waals surface area contributed by atoms with Gasteiger partial charge in [0.15, 0.2) is 0 Å². The topological polar surface area (TPSA) is 104 Å². The third kappa shape index (κ3) is 6.57. The first-order valence-corrected chi connectivity index (χ1v) is 15.9. The molecular weight excluding hydrogens is 578 g/mol. The number of rotatable bonds is 8. The first-order chi connectivity index (χ1) is 21.3. The van der Waals surface area contributed by atoms with E-state index in [-0.39, 0.29) is 17.9 Å². The summed E-state index contributed by atoms with van der Waals surface area (Å²) in [5.74, 6) is 1.75. The van der Waals surface area contributed by atoms with Crippen LogP contribution >= 0.6 is 11.6 Å². The van der Waals surface area contributed by atoms with E-state index in [0.29, 0.717) is 28.7 Å². The number of piperazine rings is 1. The molecule has 11 heteroatoms. The lowest BCUT2D eigenvalue weighted by molar-refractivity contribution is -0.125. The maximum absolute atomic E-state index is 13.6. The number of fused-ring (bicyclic) bond motifs is 1. The Morgan fingerprint density at radius 2 is 1.86 bits per heavy atom. The fraction of sp³-hybridized carbons (Fsp3) is 0.485. The molecule has 2 aromatic heterocycles. The summed E-state index contributed by atoms with van der Waals surface area (Å²) in [5.41, 5.74) is 3.61. The maximum Gasteiger partial charge on any atom is 0.255 e. The van der Waals surface area contributed by atoms with Gasteiger partial charge in [-0.05, 0) is 63.4 Å². The molecule has 0 spiro atoms. The van der Waals surface area contributed by atoms with Gasteiger partial charge in [-0.2, -0.15) is 0 Å². The monoisotopic (exact) mass is 617 g/mol. The van der Waals surface area contributed by atoms with Crippen LogP contribution in [0.25, 0.3) is 11.3 Å². The highest BCUT2D eigenvalue weighted by molar-refractivity contribution is 6.32. The number of nitrogens with one attached hydrogen (secondary N) is 1. The molecule has 2 saturated heterocycles. The minimum absolute atomic E-state index is 0.181. The number of hydrogen-bond donors (Lipinski definition) is 1. The summed E-state index contributed by atoms with van der Waals surface area (Å²) < 4.78 is 5.48. The fourth-order valence-corrected chi connectivity index (χ4v) is 6.34. The minimum Gasteiger partial charge on any atom is -0.381 e. The van der Waals surface area contributed by atoms with Gasteiger partial charge < -0.3 is 24.8 Å². The number of carbonyl (C=O) groups excluding carboxylic acids is 2. The van der Waals surface area contributed by atoms with Crippen LogP contribution in [0.5, 0.6) is 0 Å². The number of nitrogens with zero attached hydrogens (tertiary/aromatic N) is 6. The number of likely N-dealkylation sites (N-methyl/N-ethyl adjacent to an activating group) is 1. The molecular formula is C33H40ClN7O3. The van der Waals surface area contributed by atoms with Crippen LogP contribution < -0.4 is 10.2 Å². The smallest absolute Gasteiger partial charge is 0.255 e. The predicted molar refractivity (Wildman–Crippen MR) is 170 cm³/mol. The first-order valence-electron chi connectivity index (χ1n) is 15.5. The van der Waals surface area contributed by atoms with E-state index in [1.54, 1.807) is 18.0 Å². The van der Waals surface area contributed by atoms with Gasteiger partial charge in [0, 0.05) is 69.7 Å². The highest BCUT2D eigenvalue weighted by Crippen LogP contribution is 2.32. The number of carbonyl (C=O) groups is 2. The number of pyridine rings is 1. The number of anilines is 1. The zero-order valence-electron chi connectivity index (χ0n) is 25.6. The zero-order chi connectivity index (χ0) is 30.8. The molecule has 5 heterocycles. The Morgan fingerprint density at radius 1 is 1.09 bits per heavy atom. The average Bonchev–Trinajstić information content (AvgIpc) is 3.37. The van der Waals surface area contributed by atoms with Crippen molar-refractivity contribution in [2.24, 2.45) is 5.92 Å². The molecule has 44 heavy (non-hydrogen) atoms. The number of halogens is 1. The average molecular weight is 618 g/mol. The standard InChI is InChI=1S/C33H40ClN7O3/c1-21(28-5-4-6-30(37-28)40-13-11-39(3)12-14-40)36-32(42)22(2)41-20-25-8-7-24(18-26(25)33(41)43)31-27(34)19-35-29(38-31)17-23-9-15-44-16-10-23/h4-8,18-19,21-23H,9-17,20H2,1-3H3,(H,36,42)/t21-,22-/m1/s1. The zero-order valence-corrected chi connectivity index (χ0v) is 26.4. The number of benzene rings is 1. The van der Waals surface area contributed by atoms with Gasteiger partial charge in [0.2, 0.25) is 5.91 Å². The van der Waals surface area contributed by atoms with Gasteiger partial charge in [-0.25, -0.2) is 15.0 Å². The summed E-state index contributed by atoms with van der Waals surface area (Å²) >= 11 is 6.54. The predicted octanol–water partition coefficient (Wildman–Crippen LogP) is 4.13. The Morgan fingerprint density at radius 3 is 2.64 bits per heavy atom. The van der Waals surface area contributed by atoms with E-state index in [4.69, 9.17) is 26.3 Å². The summed E-state index contributed by atoms with van der Waals surface area (Å²) in [5, 5.41) is 3.52. The van der Waals surface area contributed by atoms with Crippen LogP contribution in [0.15, 0.2) is 42.6 Å². The largest absolute Gasteiger partial charge is 0.381 e. The summed E-state index contributed by atoms with van der Waals surface area (Å²) in [6.07, 6.45) is 4.40. The van der Waals surface area contributed by atoms with Crippen molar-refractivity contribution in [2.75, 3.05) is 51.3 Å². The molecule has 3 aromatic rings. The molecule has 3 aliphatic rings. The molecule has 2 amide bonds. The van der Waals surface area contributed by atoms with Gasteiger partial charge in [0.1, 0.15) is 17.7 Å². The SMILES string of the molecule is C[C@H](C(=O)N[C@H](C)c1cccc(N2CCN(C)CC2)n1)N1Cc2ccc(-c3nc(CC4CCOCC4)ncc3Cl)cc2C1=O. The Bertz CT molecular complexity index is 1520. The second-order valence-corrected chi connectivity index (χ2v) is 12.6. The number of aromatic nitrogens is 3. The number of amides is 2. The third-order valence-electron chi connectivity index (χ3n) is 9.05. The van der Waals surface area contributed by atoms with Crippen molar-refractivity contribution in [1.82, 2.24) is 30.1 Å². The third-order valence-corrected chi connectivity index (χ3v) is 9.33. The molecule has 3 aliphatic heterocycles. The Hall–Kier alpha value is -3.60. The molecule has 0 saturated carbocycles. The van der Waals surface area contributed by atoms with E-state index in [1.807, 2.05) is 43.3 Å². The van der Waals surface area contributed by atoms with Crippen LogP contribution in [0, 0.1) is 5.92 Å². The van der Waals surface area contributed by atoms with E-state index >= 15 is 0 Å². The van der Waals surface area contributed by atoms with Gasteiger partial charge in [0.05, 0.1) is 22.5 Å². The van der Waals surface area contributed by atoms with Crippen LogP contribution in [0.4, 0.5) is 5.82 Å². The normalized spacial score (nSPS) is 19.1. The molecule has 232 valence electrons. The van der Waals surface area contributed by atoms with Crippen molar-refractivity contribution in [1.29, 1.82) is 0 Å². The summed E-state index contributed by atoms with van der Waals surface area (Å²) in [6.45, 7) is 9.42. The second kappa shape index (κ2) is 13.2. The molecule has 0 radical (unpaired) electrons. The molecule has 2 fully saturated rings. The minimum atomic E-state index is -0.657. The van der Waals surface area contributed by atoms with E-state index in [0.717, 1.165) is 87.1 Å². The van der Waals surface area contributed by atoms with E-state index in [2.05, 4.69) is 27.1 Å². The van der Waals surface area contributed by atoms with Crippen LogP contribution in [0.2, 0.25) is 5.02 Å². The Labute approximate surface area is 263 Å². The van der Waals surface area contributed by atoms with Crippen LogP contribution in [-0.2, 0) is 22.5 Å². The van der Waals surface area contributed by atoms with Gasteiger partial charge in [0.25, 0.3) is 5.91 Å². The van der Waals surface area contributed by atoms with Crippen molar-refractivity contribution in [3.05, 3.63) is 70.3 Å². The van der Waals surface area contributed by atoms with Crippen molar-refractivity contribution < 1.29 is 14.3 Å². The van der Waals surface area contributed by atoms with E-state index < -0.39 is 6.04 Å². The van der Waals surface area contributed by atoms with Crippen molar-refractivity contribution >= 4 is 29.2 Å². The summed E-state index contributed by atoms with van der Waals surface area (Å²) in [4.78, 5) is 47.3. The molecule has 2 atom stereocenters. The lowest BCUT2D eigenvalue weighted by Gasteiger charge is -2.33. The van der Waals surface area contributed by atoms with Crippen molar-refractivity contribution in [3.8, 4) is 11.3 Å². The molecule has 0 aliphatic carbocycles. The number of hydrogen-bond acceptors (Lipinski definition) is 8. The van der Waals surface area contributed by atoms with Gasteiger partial charge in [-0.3, -0.25) is 9.59 Å². The molecule has 1 aromatic carbocycles. The lowest BCUT2D eigenvalue weighted by atomic mass is 9.96. The Balaban J connectivity index is 1.12. The van der Waals surface area contributed by atoms with Gasteiger partial charge >= 0.3 is 0 Å². The van der Waals surface area contributed by atoms with E-state index in [1.165, 1.54) is 0 Å². The lowest BCUT2D eigenvalue weighted by Crippen LogP contribution is -2.46. The first kappa shape index (κ1) is 30.4. The molecule has 0 unspecified atom stereocenters. The summed E-state index contributed by atoms with van der Waals surface area (Å²) in [7, 11) is 2.13. The summed E-state index contributed by atoms with van der Waals surface area (Å²) in [6, 6.07) is 10.7. The highest BCUT2D eigenvalue weighted by atomic mass is 35.5.